The van der Waals surface area contributed by atoms with Crippen molar-refractivity contribution in [2.24, 2.45) is 11.8 Å². The highest BCUT2D eigenvalue weighted by molar-refractivity contribution is 5.44. The van der Waals surface area contributed by atoms with Crippen LogP contribution in [0.25, 0.3) is 0 Å². The second-order valence-electron chi connectivity index (χ2n) is 4.72. The fraction of sp³-hybridized carbons (Fsp3) is 0.800. The number of hydrogen-bond acceptors (Lipinski definition) is 2. The van der Waals surface area contributed by atoms with E-state index < -0.39 is 35.7 Å². The van der Waals surface area contributed by atoms with E-state index in [1.807, 2.05) is 0 Å². The number of nitrogens with one attached hydrogen (secondary N) is 1. The summed E-state index contributed by atoms with van der Waals surface area (Å²) >= 11 is 0. The predicted molar refractivity (Wildman–Crippen MR) is 48.9 cm³/mol. The molecule has 0 radical (unpaired) electrons. The van der Waals surface area contributed by atoms with Crippen LogP contribution >= 0.6 is 0 Å². The average Bonchev–Trinajstić information content (AvgIpc) is 2.83. The molecular formula is C10H11F5N2. The van der Waals surface area contributed by atoms with Gasteiger partial charge in [-0.3, -0.25) is 0 Å². The summed E-state index contributed by atoms with van der Waals surface area (Å²) in [6, 6.07) is -1.93. The van der Waals surface area contributed by atoms with Gasteiger partial charge in [-0.05, 0) is 24.8 Å². The number of halogens is 5. The van der Waals surface area contributed by atoms with Gasteiger partial charge >= 0.3 is 6.18 Å². The number of alkyl halides is 5. The Morgan fingerprint density at radius 2 is 2.06 bits per heavy atom. The molecule has 2 nitrogen and oxygen atoms in total. The van der Waals surface area contributed by atoms with E-state index in [2.05, 4.69) is 5.43 Å². The lowest BCUT2D eigenvalue weighted by Crippen LogP contribution is -2.48. The van der Waals surface area contributed by atoms with Crippen LogP contribution in [0.2, 0.25) is 0 Å². The molecule has 0 bridgehead atoms. The molecule has 96 valence electrons. The van der Waals surface area contributed by atoms with Gasteiger partial charge in [0.1, 0.15) is 11.7 Å². The zero-order chi connectivity index (χ0) is 12.6. The summed E-state index contributed by atoms with van der Waals surface area (Å²) in [4.78, 5) is 0. The SMILES string of the molecule is CCN1NC(C(F)(F)F)C2=C1C(F)(F)C1CC21. The second kappa shape index (κ2) is 2.93. The zero-order valence-corrected chi connectivity index (χ0v) is 8.98. The van der Waals surface area contributed by atoms with Crippen LogP contribution < -0.4 is 5.43 Å². The van der Waals surface area contributed by atoms with Crippen LogP contribution in [0.5, 0.6) is 0 Å². The summed E-state index contributed by atoms with van der Waals surface area (Å²) in [5.41, 5.74) is 1.59. The summed E-state index contributed by atoms with van der Waals surface area (Å²) in [7, 11) is 0. The summed E-state index contributed by atoms with van der Waals surface area (Å²) in [6.45, 7) is 1.65. The van der Waals surface area contributed by atoms with Gasteiger partial charge in [0.05, 0.1) is 0 Å². The van der Waals surface area contributed by atoms with E-state index >= 15 is 0 Å². The number of hydrogen-bond donors (Lipinski definition) is 1. The molecule has 0 amide bonds. The van der Waals surface area contributed by atoms with Crippen molar-refractivity contribution >= 4 is 0 Å². The first-order valence-electron chi connectivity index (χ1n) is 5.51. The minimum atomic E-state index is -4.52. The highest BCUT2D eigenvalue weighted by Gasteiger charge is 2.71. The molecule has 0 spiro atoms. The Morgan fingerprint density at radius 3 is 2.59 bits per heavy atom. The molecule has 0 aromatic heterocycles. The first-order valence-corrected chi connectivity index (χ1v) is 5.51. The molecule has 0 aromatic carbocycles. The summed E-state index contributed by atoms with van der Waals surface area (Å²) in [5.74, 6) is -4.60. The van der Waals surface area contributed by atoms with Gasteiger partial charge < -0.3 is 5.01 Å². The van der Waals surface area contributed by atoms with E-state index in [-0.39, 0.29) is 18.5 Å². The van der Waals surface area contributed by atoms with Gasteiger partial charge in [-0.15, -0.1) is 0 Å². The normalized spacial score (nSPS) is 38.5. The standard InChI is InChI=1S/C10H11F5N2/c1-2-17-8-6(7(16-17)10(13,14)15)4-3-5(4)9(8,11)12/h4-5,7,16H,2-3H2,1H3. The molecule has 0 aromatic rings. The summed E-state index contributed by atoms with van der Waals surface area (Å²) in [6.07, 6.45) is -4.34. The maximum Gasteiger partial charge on any atom is 0.409 e. The Kier molecular flexibility index (Phi) is 1.94. The number of fused-ring (bicyclic) bond motifs is 2. The molecule has 1 N–H and O–H groups in total. The van der Waals surface area contributed by atoms with Crippen molar-refractivity contribution in [3.8, 4) is 0 Å². The van der Waals surface area contributed by atoms with E-state index in [9.17, 15) is 22.0 Å². The van der Waals surface area contributed by atoms with Gasteiger partial charge in [-0.2, -0.15) is 22.0 Å². The van der Waals surface area contributed by atoms with Gasteiger partial charge in [0.2, 0.25) is 0 Å². The summed E-state index contributed by atoms with van der Waals surface area (Å²) in [5, 5.41) is 0.958. The minimum absolute atomic E-state index is 0.0977. The fourth-order valence-corrected chi connectivity index (χ4v) is 2.96. The average molecular weight is 254 g/mol. The Hall–Kier alpha value is -0.850. The van der Waals surface area contributed by atoms with E-state index in [1.165, 1.54) is 0 Å². The maximum absolute atomic E-state index is 13.8. The van der Waals surface area contributed by atoms with E-state index in [4.69, 9.17) is 0 Å². The molecule has 17 heavy (non-hydrogen) atoms. The van der Waals surface area contributed by atoms with Crippen molar-refractivity contribution in [3.63, 3.8) is 0 Å². The Labute approximate surface area is 94.4 Å². The van der Waals surface area contributed by atoms with Crippen LogP contribution in [0.15, 0.2) is 11.3 Å². The van der Waals surface area contributed by atoms with Crippen molar-refractivity contribution in [3.05, 3.63) is 11.3 Å². The monoisotopic (exact) mass is 254 g/mol. The summed E-state index contributed by atoms with van der Waals surface area (Å²) < 4.78 is 66.0. The lowest BCUT2D eigenvalue weighted by Gasteiger charge is -2.27. The molecule has 3 unspecified atom stereocenters. The van der Waals surface area contributed by atoms with Crippen LogP contribution in [-0.4, -0.2) is 29.7 Å². The number of rotatable bonds is 1. The molecule has 1 heterocycles. The van der Waals surface area contributed by atoms with E-state index in [0.717, 1.165) is 5.01 Å². The molecule has 3 rings (SSSR count). The second-order valence-corrected chi connectivity index (χ2v) is 4.72. The first-order chi connectivity index (χ1) is 7.78. The quantitative estimate of drug-likeness (QED) is 0.722. The van der Waals surface area contributed by atoms with Gasteiger partial charge in [0.25, 0.3) is 5.92 Å². The van der Waals surface area contributed by atoms with Crippen molar-refractivity contribution < 1.29 is 22.0 Å². The topological polar surface area (TPSA) is 15.3 Å². The lowest BCUT2D eigenvalue weighted by molar-refractivity contribution is -0.154. The van der Waals surface area contributed by atoms with Crippen molar-refractivity contribution in [2.75, 3.05) is 6.54 Å². The Bertz CT molecular complexity index is 400. The third-order valence-electron chi connectivity index (χ3n) is 3.75. The van der Waals surface area contributed by atoms with Gasteiger partial charge in [0, 0.05) is 12.5 Å². The van der Waals surface area contributed by atoms with Crippen molar-refractivity contribution in [2.45, 2.75) is 31.5 Å². The molecule has 3 atom stereocenters. The largest absolute Gasteiger partial charge is 0.409 e. The van der Waals surface area contributed by atoms with Crippen LogP contribution in [0.1, 0.15) is 13.3 Å². The zero-order valence-electron chi connectivity index (χ0n) is 8.98. The highest BCUT2D eigenvalue weighted by atomic mass is 19.4. The molecular weight excluding hydrogens is 243 g/mol. The van der Waals surface area contributed by atoms with Gasteiger partial charge in [-0.25, -0.2) is 5.43 Å². The molecule has 1 saturated carbocycles. The fourth-order valence-electron chi connectivity index (χ4n) is 2.96. The van der Waals surface area contributed by atoms with Crippen LogP contribution in [0, 0.1) is 11.8 Å². The Morgan fingerprint density at radius 1 is 1.41 bits per heavy atom. The maximum atomic E-state index is 13.8. The third kappa shape index (κ3) is 1.29. The molecule has 0 saturated heterocycles. The molecule has 3 aliphatic rings. The molecule has 1 aliphatic heterocycles. The van der Waals surface area contributed by atoms with E-state index in [0.29, 0.717) is 0 Å². The smallest absolute Gasteiger partial charge is 0.306 e. The van der Waals surface area contributed by atoms with Crippen LogP contribution in [0.4, 0.5) is 22.0 Å². The third-order valence-corrected chi connectivity index (χ3v) is 3.75. The lowest BCUT2D eigenvalue weighted by atomic mass is 10.0. The minimum Gasteiger partial charge on any atom is -0.306 e. The van der Waals surface area contributed by atoms with Crippen LogP contribution in [0.3, 0.4) is 0 Å². The highest BCUT2D eigenvalue weighted by Crippen LogP contribution is 2.66. The van der Waals surface area contributed by atoms with Crippen LogP contribution in [-0.2, 0) is 0 Å². The number of hydrazine groups is 1. The predicted octanol–water partition coefficient (Wildman–Crippen LogP) is 2.30. The Balaban J connectivity index is 2.05. The number of nitrogens with zero attached hydrogens (tertiary/aromatic N) is 1. The van der Waals surface area contributed by atoms with Crippen molar-refractivity contribution in [1.82, 2.24) is 10.4 Å². The molecule has 1 fully saturated rings. The van der Waals surface area contributed by atoms with Gasteiger partial charge in [-0.1, -0.05) is 0 Å². The van der Waals surface area contributed by atoms with Gasteiger partial charge in [0.15, 0.2) is 0 Å². The van der Waals surface area contributed by atoms with E-state index in [1.54, 1.807) is 6.92 Å². The van der Waals surface area contributed by atoms with Crippen molar-refractivity contribution in [1.29, 1.82) is 0 Å². The first kappa shape index (κ1) is 11.3. The number of allylic oxidation sites excluding steroid dienone is 1. The molecule has 2 aliphatic carbocycles. The molecule has 7 heteroatoms.